The number of carbonyl (C=O) groups excluding carboxylic acids is 2. The number of carbonyl (C=O) groups is 2. The lowest BCUT2D eigenvalue weighted by Crippen LogP contribution is -2.43. The van der Waals surface area contributed by atoms with Crippen molar-refractivity contribution < 1.29 is 19.1 Å². The first kappa shape index (κ1) is 13.3. The lowest BCUT2D eigenvalue weighted by atomic mass is 10.2. The Kier molecular flexibility index (Phi) is 4.75. The number of nitrogens with zero attached hydrogens (tertiary/aromatic N) is 1. The van der Waals surface area contributed by atoms with Gasteiger partial charge in [0.15, 0.2) is 6.04 Å². The molecule has 5 nitrogen and oxygen atoms in total. The topological polar surface area (TPSA) is 55.8 Å². The molecule has 0 radical (unpaired) electrons. The van der Waals surface area contributed by atoms with E-state index in [-0.39, 0.29) is 12.7 Å². The highest BCUT2D eigenvalue weighted by Gasteiger charge is 2.30. The molecule has 5 heteroatoms. The highest BCUT2D eigenvalue weighted by Crippen LogP contribution is 2.12. The van der Waals surface area contributed by atoms with Crippen molar-refractivity contribution in [1.29, 1.82) is 0 Å². The Morgan fingerprint density at radius 2 is 2.06 bits per heavy atom. The molecule has 1 rings (SSSR count). The molecule has 0 N–H and O–H groups in total. The predicted octanol–water partition coefficient (Wildman–Crippen LogP) is 1.85. The average molecular weight is 239 g/mol. The van der Waals surface area contributed by atoms with Crippen LogP contribution in [0.1, 0.15) is 20.8 Å². The Morgan fingerprint density at radius 3 is 2.65 bits per heavy atom. The first-order valence-electron chi connectivity index (χ1n) is 5.56. The molecule has 1 aliphatic heterocycles. The zero-order valence-corrected chi connectivity index (χ0v) is 10.3. The summed E-state index contributed by atoms with van der Waals surface area (Å²) in [6.45, 7) is 5.49. The van der Waals surface area contributed by atoms with Crippen molar-refractivity contribution in [2.24, 2.45) is 0 Å². The van der Waals surface area contributed by atoms with Crippen LogP contribution in [-0.2, 0) is 14.3 Å². The van der Waals surface area contributed by atoms with Crippen molar-refractivity contribution in [1.82, 2.24) is 4.90 Å². The molecule has 1 amide bonds. The van der Waals surface area contributed by atoms with Crippen LogP contribution >= 0.6 is 0 Å². The van der Waals surface area contributed by atoms with Gasteiger partial charge in [-0.25, -0.2) is 9.59 Å². The molecule has 0 bridgehead atoms. The smallest absolute Gasteiger partial charge is 0.414 e. The standard InChI is InChI=1S/C12H17NO4/c1-4-16-12(15)13-8-6-5-7-10(13)11(14)17-9(2)3/h5-10H,4H2,1-3H3. The van der Waals surface area contributed by atoms with E-state index in [4.69, 9.17) is 9.47 Å². The molecule has 0 aromatic carbocycles. The summed E-state index contributed by atoms with van der Waals surface area (Å²) in [6, 6.07) is -0.749. The van der Waals surface area contributed by atoms with Crippen LogP contribution in [0.15, 0.2) is 24.4 Å². The van der Waals surface area contributed by atoms with E-state index in [1.165, 1.54) is 11.1 Å². The van der Waals surface area contributed by atoms with E-state index < -0.39 is 18.1 Å². The van der Waals surface area contributed by atoms with Gasteiger partial charge >= 0.3 is 12.1 Å². The first-order chi connectivity index (χ1) is 8.06. The lowest BCUT2D eigenvalue weighted by molar-refractivity contribution is -0.150. The molecule has 0 aromatic heterocycles. The van der Waals surface area contributed by atoms with Gasteiger partial charge in [-0.1, -0.05) is 12.2 Å². The number of rotatable bonds is 3. The van der Waals surface area contributed by atoms with Crippen LogP contribution < -0.4 is 0 Å². The van der Waals surface area contributed by atoms with Crippen LogP contribution in [0, 0.1) is 0 Å². The number of ether oxygens (including phenoxy) is 2. The van der Waals surface area contributed by atoms with Gasteiger partial charge in [0.05, 0.1) is 12.7 Å². The monoisotopic (exact) mass is 239 g/mol. The number of allylic oxidation sites excluding steroid dienone is 2. The Labute approximate surface area is 101 Å². The summed E-state index contributed by atoms with van der Waals surface area (Å²) in [5.74, 6) is -0.464. The highest BCUT2D eigenvalue weighted by atomic mass is 16.6. The van der Waals surface area contributed by atoms with Crippen molar-refractivity contribution in [3.8, 4) is 0 Å². The van der Waals surface area contributed by atoms with E-state index in [9.17, 15) is 9.59 Å². The zero-order chi connectivity index (χ0) is 12.8. The van der Waals surface area contributed by atoms with Crippen LogP contribution in [0.5, 0.6) is 0 Å². The minimum atomic E-state index is -0.749. The fraction of sp³-hybridized carbons (Fsp3) is 0.500. The summed E-state index contributed by atoms with van der Waals surface area (Å²) in [7, 11) is 0. The molecule has 0 saturated heterocycles. The minimum Gasteiger partial charge on any atom is -0.461 e. The molecular weight excluding hydrogens is 222 g/mol. The molecule has 94 valence electrons. The van der Waals surface area contributed by atoms with Gasteiger partial charge < -0.3 is 9.47 Å². The maximum Gasteiger partial charge on any atom is 0.414 e. The van der Waals surface area contributed by atoms with Crippen LogP contribution in [-0.4, -0.2) is 35.7 Å². The van der Waals surface area contributed by atoms with Gasteiger partial charge in [0.25, 0.3) is 0 Å². The molecule has 1 heterocycles. The summed E-state index contributed by atoms with van der Waals surface area (Å²) in [5.41, 5.74) is 0. The molecule has 0 saturated carbocycles. The van der Waals surface area contributed by atoms with E-state index in [0.717, 1.165) is 0 Å². The number of amides is 1. The Hall–Kier alpha value is -1.78. The van der Waals surface area contributed by atoms with Gasteiger partial charge in [0.1, 0.15) is 0 Å². The predicted molar refractivity (Wildman–Crippen MR) is 62.2 cm³/mol. The molecule has 0 aliphatic carbocycles. The van der Waals surface area contributed by atoms with Crippen molar-refractivity contribution in [2.75, 3.05) is 6.61 Å². The summed E-state index contributed by atoms with van der Waals surface area (Å²) in [5, 5.41) is 0. The van der Waals surface area contributed by atoms with E-state index in [1.54, 1.807) is 39.0 Å². The van der Waals surface area contributed by atoms with Gasteiger partial charge in [0.2, 0.25) is 0 Å². The van der Waals surface area contributed by atoms with Crippen LogP contribution in [0.4, 0.5) is 4.79 Å². The Morgan fingerprint density at radius 1 is 1.35 bits per heavy atom. The SMILES string of the molecule is CCOC(=O)N1C=CC=CC1C(=O)OC(C)C. The second-order valence-corrected chi connectivity index (χ2v) is 3.76. The van der Waals surface area contributed by atoms with E-state index in [1.807, 2.05) is 0 Å². The highest BCUT2D eigenvalue weighted by molar-refractivity contribution is 5.84. The maximum absolute atomic E-state index is 11.8. The fourth-order valence-corrected chi connectivity index (χ4v) is 1.36. The molecular formula is C12H17NO4. The molecule has 0 fully saturated rings. The van der Waals surface area contributed by atoms with Crippen molar-refractivity contribution >= 4 is 12.1 Å². The van der Waals surface area contributed by atoms with Crippen molar-refractivity contribution in [3.63, 3.8) is 0 Å². The van der Waals surface area contributed by atoms with Crippen molar-refractivity contribution in [2.45, 2.75) is 32.9 Å². The zero-order valence-electron chi connectivity index (χ0n) is 10.3. The summed E-state index contributed by atoms with van der Waals surface area (Å²) in [4.78, 5) is 24.6. The third-order valence-electron chi connectivity index (χ3n) is 2.02. The van der Waals surface area contributed by atoms with E-state index in [2.05, 4.69) is 0 Å². The maximum atomic E-state index is 11.8. The lowest BCUT2D eigenvalue weighted by Gasteiger charge is -2.26. The molecule has 0 aromatic rings. The first-order valence-corrected chi connectivity index (χ1v) is 5.56. The van der Waals surface area contributed by atoms with E-state index >= 15 is 0 Å². The summed E-state index contributed by atoms with van der Waals surface area (Å²) in [6.07, 6.45) is 5.69. The normalized spacial score (nSPS) is 18.4. The minimum absolute atomic E-state index is 0.217. The van der Waals surface area contributed by atoms with Crippen LogP contribution in [0.2, 0.25) is 0 Å². The fourth-order valence-electron chi connectivity index (χ4n) is 1.36. The summed E-state index contributed by atoms with van der Waals surface area (Å²) < 4.78 is 9.94. The number of esters is 1. The third kappa shape index (κ3) is 3.62. The average Bonchev–Trinajstić information content (AvgIpc) is 2.28. The number of hydrogen-bond acceptors (Lipinski definition) is 4. The molecule has 1 aliphatic rings. The molecule has 1 atom stereocenters. The van der Waals surface area contributed by atoms with E-state index in [0.29, 0.717) is 0 Å². The van der Waals surface area contributed by atoms with Crippen LogP contribution in [0.25, 0.3) is 0 Å². The molecule has 0 spiro atoms. The van der Waals surface area contributed by atoms with Gasteiger partial charge in [-0.05, 0) is 26.8 Å². The second kappa shape index (κ2) is 6.08. The summed E-state index contributed by atoms with van der Waals surface area (Å²) >= 11 is 0. The Balaban J connectivity index is 2.74. The van der Waals surface area contributed by atoms with Gasteiger partial charge in [-0.3, -0.25) is 4.90 Å². The molecule has 1 unspecified atom stereocenters. The second-order valence-electron chi connectivity index (χ2n) is 3.76. The van der Waals surface area contributed by atoms with Crippen molar-refractivity contribution in [3.05, 3.63) is 24.4 Å². The third-order valence-corrected chi connectivity index (χ3v) is 2.02. The van der Waals surface area contributed by atoms with Crippen LogP contribution in [0.3, 0.4) is 0 Å². The number of hydrogen-bond donors (Lipinski definition) is 0. The quantitative estimate of drug-likeness (QED) is 0.705. The van der Waals surface area contributed by atoms with Gasteiger partial charge in [-0.15, -0.1) is 0 Å². The van der Waals surface area contributed by atoms with Gasteiger partial charge in [-0.2, -0.15) is 0 Å². The van der Waals surface area contributed by atoms with Gasteiger partial charge in [0, 0.05) is 6.20 Å². The molecule has 17 heavy (non-hydrogen) atoms. The Bertz CT molecular complexity index is 346. The largest absolute Gasteiger partial charge is 0.461 e.